The van der Waals surface area contributed by atoms with Crippen molar-refractivity contribution in [3.63, 3.8) is 0 Å². The SMILES string of the molecule is CCOC(C)c1noc(CNC(=NC)NC(C)c2cccs2)n1. The third kappa shape index (κ3) is 5.04. The van der Waals surface area contributed by atoms with Gasteiger partial charge in [-0.25, -0.2) is 0 Å². The Bertz CT molecular complexity index is 611. The second kappa shape index (κ2) is 8.64. The summed E-state index contributed by atoms with van der Waals surface area (Å²) in [6, 6.07) is 4.31. The quantitative estimate of drug-likeness (QED) is 0.597. The maximum Gasteiger partial charge on any atom is 0.246 e. The monoisotopic (exact) mass is 337 g/mol. The molecule has 2 aromatic heterocycles. The van der Waals surface area contributed by atoms with Gasteiger partial charge in [-0.15, -0.1) is 11.3 Å². The molecule has 8 heteroatoms. The summed E-state index contributed by atoms with van der Waals surface area (Å²) in [5.41, 5.74) is 0. The molecule has 2 aromatic rings. The maximum absolute atomic E-state index is 5.44. The zero-order valence-corrected chi connectivity index (χ0v) is 14.7. The molecule has 0 saturated carbocycles. The zero-order chi connectivity index (χ0) is 16.7. The second-order valence-corrected chi connectivity index (χ2v) is 5.93. The number of hydrogen-bond donors (Lipinski definition) is 2. The van der Waals surface area contributed by atoms with Crippen LogP contribution in [0.1, 0.15) is 49.5 Å². The average Bonchev–Trinajstić information content (AvgIpc) is 3.22. The molecule has 0 amide bonds. The van der Waals surface area contributed by atoms with Crippen LogP contribution in [-0.2, 0) is 11.3 Å². The number of rotatable bonds is 7. The number of thiophene rings is 1. The molecule has 2 atom stereocenters. The summed E-state index contributed by atoms with van der Waals surface area (Å²) in [6.07, 6.45) is -0.172. The van der Waals surface area contributed by atoms with E-state index in [1.807, 2.05) is 19.9 Å². The number of aliphatic imine (C=N–C) groups is 1. The van der Waals surface area contributed by atoms with Crippen molar-refractivity contribution >= 4 is 17.3 Å². The standard InChI is InChI=1S/C15H23N5O2S/c1-5-21-11(3)14-19-13(22-20-14)9-17-15(16-4)18-10(2)12-7-6-8-23-12/h6-8,10-11H,5,9H2,1-4H3,(H2,16,17,18). The lowest BCUT2D eigenvalue weighted by molar-refractivity contribution is 0.0683. The fourth-order valence-electron chi connectivity index (χ4n) is 2.00. The number of ether oxygens (including phenoxy) is 1. The largest absolute Gasteiger partial charge is 0.371 e. The predicted octanol–water partition coefficient (Wildman–Crippen LogP) is 2.65. The maximum atomic E-state index is 5.44. The van der Waals surface area contributed by atoms with E-state index in [0.29, 0.717) is 30.8 Å². The average molecular weight is 337 g/mol. The lowest BCUT2D eigenvalue weighted by Gasteiger charge is -2.16. The van der Waals surface area contributed by atoms with Crippen LogP contribution in [0.4, 0.5) is 0 Å². The number of guanidine groups is 1. The highest BCUT2D eigenvalue weighted by Gasteiger charge is 2.14. The molecule has 0 saturated heterocycles. The molecule has 0 bridgehead atoms. The number of aromatic nitrogens is 2. The van der Waals surface area contributed by atoms with Gasteiger partial charge in [0.15, 0.2) is 11.8 Å². The van der Waals surface area contributed by atoms with Gasteiger partial charge in [-0.3, -0.25) is 4.99 Å². The van der Waals surface area contributed by atoms with Crippen molar-refractivity contribution in [1.29, 1.82) is 0 Å². The van der Waals surface area contributed by atoms with Gasteiger partial charge in [0, 0.05) is 18.5 Å². The summed E-state index contributed by atoms with van der Waals surface area (Å²) < 4.78 is 10.7. The first-order chi connectivity index (χ1) is 11.1. The molecule has 0 aliphatic rings. The van der Waals surface area contributed by atoms with Crippen LogP contribution in [0, 0.1) is 0 Å². The highest BCUT2D eigenvalue weighted by molar-refractivity contribution is 7.10. The highest BCUT2D eigenvalue weighted by Crippen LogP contribution is 2.17. The van der Waals surface area contributed by atoms with E-state index >= 15 is 0 Å². The molecular weight excluding hydrogens is 314 g/mol. The number of hydrogen-bond acceptors (Lipinski definition) is 6. The summed E-state index contributed by atoms with van der Waals surface area (Å²) in [5, 5.41) is 12.5. The Morgan fingerprint density at radius 1 is 1.48 bits per heavy atom. The highest BCUT2D eigenvalue weighted by atomic mass is 32.1. The van der Waals surface area contributed by atoms with Crippen LogP contribution >= 0.6 is 11.3 Å². The molecule has 0 aliphatic carbocycles. The van der Waals surface area contributed by atoms with Crippen LogP contribution in [-0.4, -0.2) is 29.8 Å². The molecule has 2 rings (SSSR count). The van der Waals surface area contributed by atoms with Crippen molar-refractivity contribution in [3.05, 3.63) is 34.1 Å². The van der Waals surface area contributed by atoms with Crippen molar-refractivity contribution in [3.8, 4) is 0 Å². The Kier molecular flexibility index (Phi) is 6.54. The van der Waals surface area contributed by atoms with E-state index in [0.717, 1.165) is 0 Å². The summed E-state index contributed by atoms with van der Waals surface area (Å²) in [7, 11) is 1.73. The molecule has 23 heavy (non-hydrogen) atoms. The molecule has 0 fully saturated rings. The van der Waals surface area contributed by atoms with E-state index in [9.17, 15) is 0 Å². The Balaban J connectivity index is 1.86. The first kappa shape index (κ1) is 17.4. The van der Waals surface area contributed by atoms with Crippen LogP contribution in [0.25, 0.3) is 0 Å². The van der Waals surface area contributed by atoms with Gasteiger partial charge in [0.05, 0.1) is 12.6 Å². The molecule has 2 heterocycles. The van der Waals surface area contributed by atoms with Crippen molar-refractivity contribution in [2.24, 2.45) is 4.99 Å². The molecule has 2 unspecified atom stereocenters. The minimum atomic E-state index is -0.172. The van der Waals surface area contributed by atoms with Crippen LogP contribution in [0.3, 0.4) is 0 Å². The fraction of sp³-hybridized carbons (Fsp3) is 0.533. The van der Waals surface area contributed by atoms with Crippen LogP contribution < -0.4 is 10.6 Å². The molecule has 126 valence electrons. The molecule has 0 aliphatic heterocycles. The van der Waals surface area contributed by atoms with Crippen molar-refractivity contribution in [1.82, 2.24) is 20.8 Å². The van der Waals surface area contributed by atoms with Crippen LogP contribution in [0.2, 0.25) is 0 Å². The van der Waals surface area contributed by atoms with E-state index in [-0.39, 0.29) is 12.1 Å². The van der Waals surface area contributed by atoms with Crippen LogP contribution in [0.5, 0.6) is 0 Å². The smallest absolute Gasteiger partial charge is 0.246 e. The van der Waals surface area contributed by atoms with E-state index in [4.69, 9.17) is 9.26 Å². The Morgan fingerprint density at radius 2 is 2.30 bits per heavy atom. The summed E-state index contributed by atoms with van der Waals surface area (Å²) in [4.78, 5) is 9.78. The summed E-state index contributed by atoms with van der Waals surface area (Å²) in [6.45, 7) is 6.94. The van der Waals surface area contributed by atoms with Gasteiger partial charge in [-0.05, 0) is 32.2 Å². The van der Waals surface area contributed by atoms with Gasteiger partial charge in [0.2, 0.25) is 5.89 Å². The molecule has 2 N–H and O–H groups in total. The van der Waals surface area contributed by atoms with E-state index in [1.165, 1.54) is 4.88 Å². The molecular formula is C15H23N5O2S. The normalized spacial score (nSPS) is 14.5. The third-order valence-corrected chi connectivity index (χ3v) is 4.27. The molecule has 7 nitrogen and oxygen atoms in total. The summed E-state index contributed by atoms with van der Waals surface area (Å²) in [5.74, 6) is 1.74. The first-order valence-electron chi connectivity index (χ1n) is 7.58. The number of nitrogens with zero attached hydrogens (tertiary/aromatic N) is 3. The van der Waals surface area contributed by atoms with Gasteiger partial charge >= 0.3 is 0 Å². The Labute approximate surface area is 140 Å². The van der Waals surface area contributed by atoms with Crippen molar-refractivity contribution < 1.29 is 9.26 Å². The molecule has 0 aromatic carbocycles. The van der Waals surface area contributed by atoms with Crippen molar-refractivity contribution in [2.45, 2.75) is 39.5 Å². The minimum Gasteiger partial charge on any atom is -0.371 e. The first-order valence-corrected chi connectivity index (χ1v) is 8.46. The fourth-order valence-corrected chi connectivity index (χ4v) is 2.73. The van der Waals surface area contributed by atoms with Gasteiger partial charge in [-0.2, -0.15) is 4.98 Å². The van der Waals surface area contributed by atoms with Crippen LogP contribution in [0.15, 0.2) is 27.0 Å². The van der Waals surface area contributed by atoms with E-state index < -0.39 is 0 Å². The van der Waals surface area contributed by atoms with E-state index in [2.05, 4.69) is 44.1 Å². The van der Waals surface area contributed by atoms with Gasteiger partial charge < -0.3 is 19.9 Å². The van der Waals surface area contributed by atoms with Gasteiger partial charge in [-0.1, -0.05) is 11.2 Å². The molecule has 0 radical (unpaired) electrons. The topological polar surface area (TPSA) is 84.6 Å². The lowest BCUT2D eigenvalue weighted by atomic mass is 10.3. The summed E-state index contributed by atoms with van der Waals surface area (Å²) >= 11 is 1.71. The second-order valence-electron chi connectivity index (χ2n) is 4.95. The third-order valence-electron chi connectivity index (χ3n) is 3.22. The van der Waals surface area contributed by atoms with E-state index in [1.54, 1.807) is 18.4 Å². The minimum absolute atomic E-state index is 0.172. The molecule has 0 spiro atoms. The van der Waals surface area contributed by atoms with Gasteiger partial charge in [0.25, 0.3) is 0 Å². The van der Waals surface area contributed by atoms with Crippen molar-refractivity contribution in [2.75, 3.05) is 13.7 Å². The van der Waals surface area contributed by atoms with Gasteiger partial charge in [0.1, 0.15) is 6.10 Å². The Hall–Kier alpha value is -1.93. The predicted molar refractivity (Wildman–Crippen MR) is 90.4 cm³/mol. The Morgan fingerprint density at radius 3 is 2.96 bits per heavy atom. The lowest BCUT2D eigenvalue weighted by Crippen LogP contribution is -2.38. The zero-order valence-electron chi connectivity index (χ0n) is 13.9. The number of nitrogens with one attached hydrogen (secondary N) is 2.